The summed E-state index contributed by atoms with van der Waals surface area (Å²) < 4.78 is 76.1. The summed E-state index contributed by atoms with van der Waals surface area (Å²) in [6.07, 6.45) is -6.49. The van der Waals surface area contributed by atoms with E-state index in [1.807, 2.05) is 6.92 Å². The summed E-state index contributed by atoms with van der Waals surface area (Å²) in [5.41, 5.74) is 1.90. The third kappa shape index (κ3) is 8.41. The molecule has 0 atom stereocenters. The number of nitrogens with one attached hydrogen (secondary N) is 2. The lowest BCUT2D eigenvalue weighted by Crippen LogP contribution is -2.57. The molecule has 0 bridgehead atoms. The fraction of sp³-hybridized carbons (Fsp3) is 0.480. The lowest BCUT2D eigenvalue weighted by atomic mass is 10.0. The molecule has 0 spiro atoms. The highest BCUT2D eigenvalue weighted by Crippen LogP contribution is 2.32. The van der Waals surface area contributed by atoms with Crippen LogP contribution >= 0.6 is 0 Å². The Balaban J connectivity index is 1.94. The number of rotatable bonds is 11. The van der Waals surface area contributed by atoms with E-state index in [1.54, 1.807) is 31.1 Å². The zero-order valence-corrected chi connectivity index (χ0v) is 20.7. The van der Waals surface area contributed by atoms with Crippen LogP contribution in [0.4, 0.5) is 32.0 Å². The molecule has 0 radical (unpaired) electrons. The molecule has 11 heteroatoms. The SMILES string of the molecule is C=C/C(C(=NC)N(C)c1cccc(C(F)(F)F)c1)=C(/C)N1CC(NCCC(=C)CNCC(F)(F)F)C1. The minimum Gasteiger partial charge on any atom is -0.371 e. The second kappa shape index (κ2) is 12.4. The van der Waals surface area contributed by atoms with Crippen LogP contribution in [0.3, 0.4) is 0 Å². The molecule has 1 heterocycles. The van der Waals surface area contributed by atoms with Gasteiger partial charge in [-0.3, -0.25) is 4.99 Å². The van der Waals surface area contributed by atoms with Crippen LogP contribution in [0.15, 0.2) is 65.3 Å². The molecule has 1 fully saturated rings. The number of hydrogen-bond donors (Lipinski definition) is 2. The van der Waals surface area contributed by atoms with E-state index < -0.39 is 24.5 Å². The molecule has 1 aromatic rings. The van der Waals surface area contributed by atoms with Gasteiger partial charge in [0.2, 0.25) is 0 Å². The van der Waals surface area contributed by atoms with E-state index in [9.17, 15) is 26.3 Å². The number of hydrogen-bond acceptors (Lipinski definition) is 4. The highest BCUT2D eigenvalue weighted by Gasteiger charge is 2.32. The van der Waals surface area contributed by atoms with Crippen molar-refractivity contribution in [2.45, 2.75) is 31.7 Å². The fourth-order valence-electron chi connectivity index (χ4n) is 3.84. The van der Waals surface area contributed by atoms with Crippen molar-refractivity contribution < 1.29 is 26.3 Å². The first-order valence-electron chi connectivity index (χ1n) is 11.4. The van der Waals surface area contributed by atoms with Gasteiger partial charge in [-0.2, -0.15) is 26.3 Å². The number of allylic oxidation sites excluding steroid dienone is 1. The maximum Gasteiger partial charge on any atom is 0.416 e. The molecule has 5 nitrogen and oxygen atoms in total. The van der Waals surface area contributed by atoms with Crippen LogP contribution in [0.1, 0.15) is 18.9 Å². The lowest BCUT2D eigenvalue weighted by Gasteiger charge is -2.43. The first kappa shape index (κ1) is 29.4. The van der Waals surface area contributed by atoms with Crippen molar-refractivity contribution in [1.29, 1.82) is 0 Å². The molecule has 1 aromatic carbocycles. The van der Waals surface area contributed by atoms with Crippen LogP contribution < -0.4 is 15.5 Å². The van der Waals surface area contributed by atoms with Gasteiger partial charge in [0.15, 0.2) is 0 Å². The third-order valence-electron chi connectivity index (χ3n) is 5.89. The number of alkyl halides is 6. The molecule has 0 amide bonds. The zero-order chi connectivity index (χ0) is 27.1. The smallest absolute Gasteiger partial charge is 0.371 e. The summed E-state index contributed by atoms with van der Waals surface area (Å²) in [4.78, 5) is 8.03. The van der Waals surface area contributed by atoms with Crippen LogP contribution in [-0.2, 0) is 6.18 Å². The molecule has 1 saturated heterocycles. The molecule has 0 aromatic heterocycles. The third-order valence-corrected chi connectivity index (χ3v) is 5.89. The molecule has 0 saturated carbocycles. The predicted molar refractivity (Wildman–Crippen MR) is 132 cm³/mol. The Labute approximate surface area is 208 Å². The maximum atomic E-state index is 13.2. The Hall–Kier alpha value is -2.79. The van der Waals surface area contributed by atoms with Crippen molar-refractivity contribution in [2.24, 2.45) is 4.99 Å². The van der Waals surface area contributed by atoms with Crippen molar-refractivity contribution in [1.82, 2.24) is 15.5 Å². The largest absolute Gasteiger partial charge is 0.416 e. The molecule has 1 aliphatic rings. The minimum absolute atomic E-state index is 0.112. The van der Waals surface area contributed by atoms with Gasteiger partial charge in [-0.05, 0) is 38.1 Å². The Morgan fingerprint density at radius 3 is 2.44 bits per heavy atom. The second-order valence-electron chi connectivity index (χ2n) is 8.63. The van der Waals surface area contributed by atoms with Crippen molar-refractivity contribution in [3.8, 4) is 0 Å². The van der Waals surface area contributed by atoms with Gasteiger partial charge in [0.05, 0.1) is 12.1 Å². The number of nitrogens with zero attached hydrogens (tertiary/aromatic N) is 3. The number of aliphatic imine (C=N–C) groups is 1. The van der Waals surface area contributed by atoms with Crippen molar-refractivity contribution in [2.75, 3.05) is 51.7 Å². The van der Waals surface area contributed by atoms with Gasteiger partial charge in [0, 0.05) is 56.7 Å². The van der Waals surface area contributed by atoms with Crippen LogP contribution in [-0.4, -0.2) is 69.8 Å². The van der Waals surface area contributed by atoms with E-state index in [4.69, 9.17) is 0 Å². The summed E-state index contributed by atoms with van der Waals surface area (Å²) >= 11 is 0. The van der Waals surface area contributed by atoms with Gasteiger partial charge < -0.3 is 20.4 Å². The highest BCUT2D eigenvalue weighted by atomic mass is 19.4. The summed E-state index contributed by atoms with van der Waals surface area (Å²) in [6, 6.07) is 5.25. The number of halogens is 6. The number of likely N-dealkylation sites (N-methyl/N-ethyl adjacent to an activating group) is 1. The van der Waals surface area contributed by atoms with Crippen LogP contribution in [0.5, 0.6) is 0 Å². The summed E-state index contributed by atoms with van der Waals surface area (Å²) in [5, 5.41) is 5.70. The number of anilines is 1. The van der Waals surface area contributed by atoms with Gasteiger partial charge >= 0.3 is 12.4 Å². The molecule has 36 heavy (non-hydrogen) atoms. The zero-order valence-electron chi connectivity index (χ0n) is 20.7. The predicted octanol–water partition coefficient (Wildman–Crippen LogP) is 5.00. The van der Waals surface area contributed by atoms with E-state index in [0.717, 1.165) is 17.8 Å². The van der Waals surface area contributed by atoms with Crippen molar-refractivity contribution in [3.05, 3.63) is 65.9 Å². The summed E-state index contributed by atoms with van der Waals surface area (Å²) in [5.74, 6) is 0.487. The Kier molecular flexibility index (Phi) is 10.2. The topological polar surface area (TPSA) is 42.9 Å². The standard InChI is InChI=1S/C25H33F6N5/c1-6-22(23(32-4)35(5)21-9-7-8-19(12-21)25(29,30)31)18(3)36-14-20(15-36)34-11-10-17(2)13-33-16-24(26,27)28/h6-9,12,20,33-34H,1-2,10-11,13-16H2,3-5H3/b22-18+,32-23?. The van der Waals surface area contributed by atoms with Gasteiger partial charge in [-0.15, -0.1) is 0 Å². The molecule has 0 aliphatic carbocycles. The normalized spacial score (nSPS) is 15.9. The number of likely N-dealkylation sites (tertiary alicyclic amines) is 1. The monoisotopic (exact) mass is 517 g/mol. The van der Waals surface area contributed by atoms with E-state index in [-0.39, 0.29) is 12.6 Å². The number of benzene rings is 1. The molecule has 2 rings (SSSR count). The minimum atomic E-state index is -4.45. The molecular formula is C25H33F6N5. The first-order chi connectivity index (χ1) is 16.8. The maximum absolute atomic E-state index is 13.2. The van der Waals surface area contributed by atoms with Crippen LogP contribution in [0, 0.1) is 0 Å². The van der Waals surface area contributed by atoms with Crippen molar-refractivity contribution >= 4 is 11.5 Å². The fourth-order valence-corrected chi connectivity index (χ4v) is 3.84. The van der Waals surface area contributed by atoms with E-state index in [0.29, 0.717) is 48.7 Å². The number of amidine groups is 1. The van der Waals surface area contributed by atoms with Gasteiger partial charge in [-0.25, -0.2) is 0 Å². The summed E-state index contributed by atoms with van der Waals surface area (Å²) in [7, 11) is 3.23. The second-order valence-corrected chi connectivity index (χ2v) is 8.63. The van der Waals surface area contributed by atoms with Gasteiger partial charge in [-0.1, -0.05) is 30.9 Å². The highest BCUT2D eigenvalue weighted by molar-refractivity contribution is 6.11. The molecule has 0 unspecified atom stereocenters. The molecule has 200 valence electrons. The first-order valence-corrected chi connectivity index (χ1v) is 11.4. The Bertz CT molecular complexity index is 974. The van der Waals surface area contributed by atoms with E-state index in [1.165, 1.54) is 6.07 Å². The van der Waals surface area contributed by atoms with E-state index >= 15 is 0 Å². The summed E-state index contributed by atoms with van der Waals surface area (Å²) in [6.45, 7) is 10.7. The van der Waals surface area contributed by atoms with E-state index in [2.05, 4.69) is 33.7 Å². The van der Waals surface area contributed by atoms with Gasteiger partial charge in [0.25, 0.3) is 0 Å². The molecular weight excluding hydrogens is 484 g/mol. The molecule has 2 N–H and O–H groups in total. The quantitative estimate of drug-likeness (QED) is 0.143. The van der Waals surface area contributed by atoms with Crippen LogP contribution in [0.2, 0.25) is 0 Å². The van der Waals surface area contributed by atoms with Crippen LogP contribution in [0.25, 0.3) is 0 Å². The van der Waals surface area contributed by atoms with Gasteiger partial charge in [0.1, 0.15) is 5.84 Å². The van der Waals surface area contributed by atoms with Crippen molar-refractivity contribution in [3.63, 3.8) is 0 Å². The lowest BCUT2D eigenvalue weighted by molar-refractivity contribution is -0.137. The molecule has 1 aliphatic heterocycles. The average molecular weight is 518 g/mol. The average Bonchev–Trinajstić information content (AvgIpc) is 2.76. The Morgan fingerprint density at radius 2 is 1.89 bits per heavy atom. The Morgan fingerprint density at radius 1 is 1.22 bits per heavy atom.